The quantitative estimate of drug-likeness (QED) is 0.803. The van der Waals surface area contributed by atoms with E-state index in [4.69, 9.17) is 4.74 Å². The van der Waals surface area contributed by atoms with E-state index in [-0.39, 0.29) is 5.91 Å². The Hall–Kier alpha value is -2.07. The largest absolute Gasteiger partial charge is 0.493 e. The summed E-state index contributed by atoms with van der Waals surface area (Å²) in [6, 6.07) is 13.5. The highest BCUT2D eigenvalue weighted by Gasteiger charge is 2.24. The molecule has 4 heteroatoms. The summed E-state index contributed by atoms with van der Waals surface area (Å²) in [5.74, 6) is 0.714. The lowest BCUT2D eigenvalue weighted by Gasteiger charge is -2.08. The summed E-state index contributed by atoms with van der Waals surface area (Å²) in [6.45, 7) is 2.73. The number of benzene rings is 2. The molecule has 3 rings (SSSR count). The molecule has 1 aliphatic heterocycles. The predicted molar refractivity (Wildman–Crippen MR) is 92.9 cm³/mol. The molecule has 0 fully saturated rings. The monoisotopic (exact) mass is 357 g/mol. The minimum Gasteiger partial charge on any atom is -0.493 e. The highest BCUT2D eigenvalue weighted by atomic mass is 79.9. The van der Waals surface area contributed by atoms with Crippen molar-refractivity contribution in [2.24, 2.45) is 0 Å². The Bertz CT molecular complexity index is 753. The van der Waals surface area contributed by atoms with Gasteiger partial charge in [0.2, 0.25) is 0 Å². The van der Waals surface area contributed by atoms with Gasteiger partial charge in [-0.2, -0.15) is 0 Å². The number of amides is 1. The van der Waals surface area contributed by atoms with Crippen molar-refractivity contribution in [1.29, 1.82) is 0 Å². The number of fused-ring (bicyclic) bond motifs is 1. The molecule has 0 aliphatic carbocycles. The number of anilines is 1. The Morgan fingerprint density at radius 2 is 2.05 bits per heavy atom. The zero-order valence-corrected chi connectivity index (χ0v) is 13.8. The van der Waals surface area contributed by atoms with Crippen molar-refractivity contribution in [3.05, 3.63) is 58.1 Å². The number of nitrogens with one attached hydrogen (secondary N) is 1. The molecular weight excluding hydrogens is 342 g/mol. The lowest BCUT2D eigenvalue weighted by molar-refractivity contribution is -0.110. The van der Waals surface area contributed by atoms with Crippen molar-refractivity contribution in [3.63, 3.8) is 0 Å². The number of carbonyl (C=O) groups is 1. The summed E-state index contributed by atoms with van der Waals surface area (Å²) in [5.41, 5.74) is 3.31. The van der Waals surface area contributed by atoms with E-state index in [2.05, 4.69) is 28.2 Å². The molecular formula is C18H16BrNO2. The molecule has 0 aromatic heterocycles. The van der Waals surface area contributed by atoms with Gasteiger partial charge in [0.25, 0.3) is 5.91 Å². The number of halogens is 1. The van der Waals surface area contributed by atoms with Crippen molar-refractivity contribution in [1.82, 2.24) is 0 Å². The van der Waals surface area contributed by atoms with E-state index in [1.165, 1.54) is 0 Å². The highest BCUT2D eigenvalue weighted by molar-refractivity contribution is 9.10. The molecule has 0 bridgehead atoms. The maximum Gasteiger partial charge on any atom is 0.256 e. The van der Waals surface area contributed by atoms with E-state index >= 15 is 0 Å². The zero-order valence-electron chi connectivity index (χ0n) is 12.2. The Kier molecular flexibility index (Phi) is 4.29. The minimum absolute atomic E-state index is 0.0848. The van der Waals surface area contributed by atoms with E-state index in [1.54, 1.807) is 0 Å². The Labute approximate surface area is 138 Å². The van der Waals surface area contributed by atoms with Crippen LogP contribution in [-0.4, -0.2) is 12.5 Å². The fourth-order valence-corrected chi connectivity index (χ4v) is 2.76. The van der Waals surface area contributed by atoms with Crippen molar-refractivity contribution < 1.29 is 9.53 Å². The van der Waals surface area contributed by atoms with Crippen LogP contribution in [0.3, 0.4) is 0 Å². The molecule has 22 heavy (non-hydrogen) atoms. The summed E-state index contributed by atoms with van der Waals surface area (Å²) in [5, 5.41) is 2.89. The third-order valence-electron chi connectivity index (χ3n) is 3.45. The zero-order chi connectivity index (χ0) is 15.5. The molecule has 2 aromatic carbocycles. The lowest BCUT2D eigenvalue weighted by atomic mass is 10.0. The van der Waals surface area contributed by atoms with Crippen LogP contribution in [-0.2, 0) is 4.79 Å². The minimum atomic E-state index is -0.0848. The average Bonchev–Trinajstić information content (AvgIpc) is 2.82. The maximum atomic E-state index is 12.2. The summed E-state index contributed by atoms with van der Waals surface area (Å²) in [4.78, 5) is 12.2. The first-order valence-corrected chi connectivity index (χ1v) is 8.03. The molecule has 0 spiro atoms. The average molecular weight is 358 g/mol. The van der Waals surface area contributed by atoms with Crippen LogP contribution >= 0.6 is 15.9 Å². The number of hydrogen-bond donors (Lipinski definition) is 1. The van der Waals surface area contributed by atoms with Gasteiger partial charge in [-0.15, -0.1) is 0 Å². The van der Waals surface area contributed by atoms with Crippen LogP contribution in [0.4, 0.5) is 5.69 Å². The van der Waals surface area contributed by atoms with Crippen LogP contribution in [0.25, 0.3) is 11.6 Å². The molecule has 0 unspecified atom stereocenters. The van der Waals surface area contributed by atoms with Crippen LogP contribution in [0, 0.1) is 0 Å². The van der Waals surface area contributed by atoms with Crippen LogP contribution in [0.1, 0.15) is 24.5 Å². The molecule has 0 radical (unpaired) electrons. The van der Waals surface area contributed by atoms with Crippen LogP contribution < -0.4 is 10.1 Å². The summed E-state index contributed by atoms with van der Waals surface area (Å²) < 4.78 is 6.71. The Balaban J connectivity index is 2.03. The number of hydrogen-bond acceptors (Lipinski definition) is 2. The number of carbonyl (C=O) groups excluding carboxylic acids is 1. The Morgan fingerprint density at radius 1 is 1.23 bits per heavy atom. The lowest BCUT2D eigenvalue weighted by Crippen LogP contribution is -2.04. The van der Waals surface area contributed by atoms with E-state index in [1.807, 2.05) is 48.5 Å². The van der Waals surface area contributed by atoms with E-state index in [0.29, 0.717) is 12.2 Å². The van der Waals surface area contributed by atoms with E-state index < -0.39 is 0 Å². The smallest absolute Gasteiger partial charge is 0.256 e. The number of para-hydroxylation sites is 1. The topological polar surface area (TPSA) is 38.3 Å². The normalized spacial score (nSPS) is 14.8. The van der Waals surface area contributed by atoms with Gasteiger partial charge in [0.05, 0.1) is 6.61 Å². The van der Waals surface area contributed by atoms with Gasteiger partial charge in [0, 0.05) is 26.9 Å². The third kappa shape index (κ3) is 2.92. The first-order valence-electron chi connectivity index (χ1n) is 7.24. The second-order valence-corrected chi connectivity index (χ2v) is 6.00. The molecule has 0 saturated carbocycles. The molecule has 1 heterocycles. The van der Waals surface area contributed by atoms with Crippen molar-refractivity contribution >= 4 is 39.2 Å². The maximum absolute atomic E-state index is 12.2. The van der Waals surface area contributed by atoms with Crippen LogP contribution in [0.5, 0.6) is 5.75 Å². The summed E-state index contributed by atoms with van der Waals surface area (Å²) in [7, 11) is 0. The van der Waals surface area contributed by atoms with Gasteiger partial charge >= 0.3 is 0 Å². The van der Waals surface area contributed by atoms with Gasteiger partial charge in [0.15, 0.2) is 0 Å². The molecule has 2 aromatic rings. The molecule has 1 N–H and O–H groups in total. The molecule has 1 aliphatic rings. The molecule has 0 saturated heterocycles. The van der Waals surface area contributed by atoms with Gasteiger partial charge in [-0.05, 0) is 36.8 Å². The number of ether oxygens (including phenoxy) is 1. The summed E-state index contributed by atoms with van der Waals surface area (Å²) >= 11 is 3.46. The van der Waals surface area contributed by atoms with E-state index in [0.717, 1.165) is 33.5 Å². The molecule has 1 amide bonds. The van der Waals surface area contributed by atoms with Crippen LogP contribution in [0.15, 0.2) is 46.9 Å². The molecule has 0 atom stereocenters. The van der Waals surface area contributed by atoms with Gasteiger partial charge in [-0.3, -0.25) is 4.79 Å². The fourth-order valence-electron chi connectivity index (χ4n) is 2.40. The SMILES string of the molecule is CCCOc1ccccc1C=C1C(=O)Nc2ccc(Br)cc21. The van der Waals surface area contributed by atoms with Gasteiger partial charge in [-0.25, -0.2) is 0 Å². The Morgan fingerprint density at radius 3 is 2.86 bits per heavy atom. The highest BCUT2D eigenvalue weighted by Crippen LogP contribution is 2.36. The summed E-state index contributed by atoms with van der Waals surface area (Å²) in [6.07, 6.45) is 2.83. The standard InChI is InChI=1S/C18H16BrNO2/c1-2-9-22-17-6-4-3-5-12(17)10-15-14-11-13(19)7-8-16(14)20-18(15)21/h3-8,10-11H,2,9H2,1H3,(H,20,21). The van der Waals surface area contributed by atoms with Crippen molar-refractivity contribution in [2.75, 3.05) is 11.9 Å². The van der Waals surface area contributed by atoms with Crippen LogP contribution in [0.2, 0.25) is 0 Å². The second kappa shape index (κ2) is 6.36. The van der Waals surface area contributed by atoms with Crippen molar-refractivity contribution in [3.8, 4) is 5.75 Å². The second-order valence-electron chi connectivity index (χ2n) is 5.09. The first kappa shape index (κ1) is 14.9. The third-order valence-corrected chi connectivity index (χ3v) is 3.94. The van der Waals surface area contributed by atoms with Gasteiger partial charge in [-0.1, -0.05) is 41.1 Å². The van der Waals surface area contributed by atoms with Crippen molar-refractivity contribution in [2.45, 2.75) is 13.3 Å². The number of rotatable bonds is 4. The first-order chi connectivity index (χ1) is 10.7. The predicted octanol–water partition coefficient (Wildman–Crippen LogP) is 4.73. The molecule has 112 valence electrons. The van der Waals surface area contributed by atoms with Gasteiger partial charge < -0.3 is 10.1 Å². The fraction of sp³-hybridized carbons (Fsp3) is 0.167. The molecule has 3 nitrogen and oxygen atoms in total. The van der Waals surface area contributed by atoms with E-state index in [9.17, 15) is 4.79 Å². The van der Waals surface area contributed by atoms with Gasteiger partial charge in [0.1, 0.15) is 5.75 Å².